The minimum absolute atomic E-state index is 0.00420. The number of hydrogen-bond acceptors (Lipinski definition) is 6. The molecule has 2 aromatic carbocycles. The van der Waals surface area contributed by atoms with E-state index in [2.05, 4.69) is 15.3 Å². The maximum absolute atomic E-state index is 12.5. The minimum Gasteiger partial charge on any atom is -0.451 e. The van der Waals surface area contributed by atoms with Gasteiger partial charge in [0.1, 0.15) is 0 Å². The Balaban J connectivity index is 1.39. The highest BCUT2D eigenvalue weighted by Crippen LogP contribution is 2.22. The summed E-state index contributed by atoms with van der Waals surface area (Å²) in [6, 6.07) is 14.3. The summed E-state index contributed by atoms with van der Waals surface area (Å²) < 4.78 is 6.22. The summed E-state index contributed by atoms with van der Waals surface area (Å²) >= 11 is 0. The second-order valence-corrected chi connectivity index (χ2v) is 7.19. The molecule has 0 atom stereocenters. The zero-order chi connectivity index (χ0) is 21.1. The Morgan fingerprint density at radius 1 is 1.03 bits per heavy atom. The van der Waals surface area contributed by atoms with Crippen molar-refractivity contribution in [2.24, 2.45) is 7.05 Å². The van der Waals surface area contributed by atoms with Crippen LogP contribution in [-0.4, -0.2) is 41.4 Å². The molecule has 1 amide bonds. The first-order valence-electron chi connectivity index (χ1n) is 9.81. The Morgan fingerprint density at radius 3 is 2.40 bits per heavy atom. The number of benzene rings is 2. The molecule has 0 radical (unpaired) electrons. The third-order valence-electron chi connectivity index (χ3n) is 5.11. The van der Waals surface area contributed by atoms with Gasteiger partial charge in [-0.25, -0.2) is 9.48 Å². The van der Waals surface area contributed by atoms with Crippen LogP contribution in [0.25, 0.3) is 10.8 Å². The summed E-state index contributed by atoms with van der Waals surface area (Å²) in [5.74, 6) is -1.22. The number of anilines is 2. The lowest BCUT2D eigenvalue weighted by Crippen LogP contribution is -2.26. The second-order valence-electron chi connectivity index (χ2n) is 7.19. The van der Waals surface area contributed by atoms with Gasteiger partial charge in [-0.3, -0.25) is 9.59 Å². The number of hydrogen-bond donors (Lipinski definition) is 1. The number of esters is 1. The van der Waals surface area contributed by atoms with Crippen molar-refractivity contribution < 1.29 is 14.3 Å². The van der Waals surface area contributed by atoms with Crippen molar-refractivity contribution >= 4 is 34.0 Å². The Labute approximate surface area is 173 Å². The lowest BCUT2D eigenvalue weighted by Gasteiger charge is -2.17. The van der Waals surface area contributed by atoms with Gasteiger partial charge in [0.05, 0.1) is 5.39 Å². The van der Waals surface area contributed by atoms with Crippen LogP contribution in [0.15, 0.2) is 53.3 Å². The molecule has 1 aliphatic heterocycles. The molecule has 8 nitrogen and oxygen atoms in total. The predicted octanol–water partition coefficient (Wildman–Crippen LogP) is 2.33. The molecule has 0 unspecified atom stereocenters. The average molecular weight is 406 g/mol. The number of aromatic nitrogens is 2. The standard InChI is InChI=1S/C22H22N4O4/c1-25-21(28)18-7-3-2-6-17(18)20(24-25)22(29)30-14-19(27)23-15-8-10-16(11-9-15)26-12-4-5-13-26/h2-3,6-11H,4-5,12-14H2,1H3,(H,23,27). The Bertz CT molecular complexity index is 1150. The molecule has 0 saturated carbocycles. The van der Waals surface area contributed by atoms with Gasteiger partial charge in [-0.1, -0.05) is 18.2 Å². The molecule has 2 heterocycles. The van der Waals surface area contributed by atoms with Crippen LogP contribution < -0.4 is 15.8 Å². The number of carbonyl (C=O) groups is 2. The summed E-state index contributed by atoms with van der Waals surface area (Å²) in [7, 11) is 1.46. The average Bonchev–Trinajstić information content (AvgIpc) is 3.30. The van der Waals surface area contributed by atoms with Crippen molar-refractivity contribution in [3.8, 4) is 0 Å². The van der Waals surface area contributed by atoms with E-state index < -0.39 is 18.5 Å². The van der Waals surface area contributed by atoms with Crippen molar-refractivity contribution in [2.75, 3.05) is 29.9 Å². The van der Waals surface area contributed by atoms with E-state index in [1.165, 1.54) is 19.9 Å². The second kappa shape index (κ2) is 8.36. The SMILES string of the molecule is Cn1nc(C(=O)OCC(=O)Nc2ccc(N3CCCC3)cc2)c2ccccc2c1=O. The minimum atomic E-state index is -0.763. The molecule has 0 spiro atoms. The van der Waals surface area contributed by atoms with Crippen LogP contribution in [0.3, 0.4) is 0 Å². The van der Waals surface area contributed by atoms with Crippen molar-refractivity contribution in [3.05, 3.63) is 64.6 Å². The van der Waals surface area contributed by atoms with E-state index >= 15 is 0 Å². The normalized spacial score (nSPS) is 13.4. The highest BCUT2D eigenvalue weighted by Gasteiger charge is 2.18. The Morgan fingerprint density at radius 2 is 1.70 bits per heavy atom. The number of nitrogens with one attached hydrogen (secondary N) is 1. The molecule has 1 saturated heterocycles. The molecule has 154 valence electrons. The monoisotopic (exact) mass is 406 g/mol. The maximum Gasteiger partial charge on any atom is 0.359 e. The third-order valence-corrected chi connectivity index (χ3v) is 5.11. The molecule has 8 heteroatoms. The van der Waals surface area contributed by atoms with Gasteiger partial charge in [-0.05, 0) is 43.2 Å². The van der Waals surface area contributed by atoms with E-state index in [0.717, 1.165) is 23.5 Å². The quantitative estimate of drug-likeness (QED) is 0.654. The van der Waals surface area contributed by atoms with Gasteiger partial charge in [0.2, 0.25) is 0 Å². The summed E-state index contributed by atoms with van der Waals surface area (Å²) in [6.45, 7) is 1.65. The maximum atomic E-state index is 12.5. The molecule has 30 heavy (non-hydrogen) atoms. The first-order valence-corrected chi connectivity index (χ1v) is 9.81. The van der Waals surface area contributed by atoms with Gasteiger partial charge in [-0.15, -0.1) is 0 Å². The Kier molecular flexibility index (Phi) is 5.47. The van der Waals surface area contributed by atoms with Crippen LogP contribution in [0.5, 0.6) is 0 Å². The van der Waals surface area contributed by atoms with Crippen molar-refractivity contribution in [2.45, 2.75) is 12.8 Å². The Hall–Kier alpha value is -3.68. The van der Waals surface area contributed by atoms with Crippen LogP contribution in [0.2, 0.25) is 0 Å². The van der Waals surface area contributed by atoms with E-state index in [-0.39, 0.29) is 11.3 Å². The van der Waals surface area contributed by atoms with Gasteiger partial charge in [0.15, 0.2) is 12.3 Å². The molecule has 1 fully saturated rings. The summed E-state index contributed by atoms with van der Waals surface area (Å²) in [6.07, 6.45) is 2.40. The van der Waals surface area contributed by atoms with Gasteiger partial charge in [0.25, 0.3) is 11.5 Å². The molecule has 0 aliphatic carbocycles. The number of rotatable bonds is 5. The molecular weight excluding hydrogens is 384 g/mol. The number of fused-ring (bicyclic) bond motifs is 1. The number of carbonyl (C=O) groups excluding carboxylic acids is 2. The van der Waals surface area contributed by atoms with Crippen molar-refractivity contribution in [1.29, 1.82) is 0 Å². The molecule has 1 aliphatic rings. The van der Waals surface area contributed by atoms with E-state index in [1.54, 1.807) is 24.3 Å². The highest BCUT2D eigenvalue weighted by atomic mass is 16.5. The van der Waals surface area contributed by atoms with Gasteiger partial charge in [0, 0.05) is 36.9 Å². The van der Waals surface area contributed by atoms with E-state index in [0.29, 0.717) is 16.5 Å². The fourth-order valence-electron chi connectivity index (χ4n) is 3.58. The summed E-state index contributed by atoms with van der Waals surface area (Å²) in [5.41, 5.74) is 1.45. The zero-order valence-corrected chi connectivity index (χ0v) is 16.6. The lowest BCUT2D eigenvalue weighted by molar-refractivity contribution is -0.119. The summed E-state index contributed by atoms with van der Waals surface area (Å²) in [4.78, 5) is 39.1. The highest BCUT2D eigenvalue weighted by molar-refractivity contribution is 6.03. The topological polar surface area (TPSA) is 93.5 Å². The largest absolute Gasteiger partial charge is 0.451 e. The smallest absolute Gasteiger partial charge is 0.359 e. The van der Waals surface area contributed by atoms with Gasteiger partial charge < -0.3 is 15.0 Å². The van der Waals surface area contributed by atoms with Crippen LogP contribution in [0, 0.1) is 0 Å². The molecule has 1 N–H and O–H groups in total. The lowest BCUT2D eigenvalue weighted by atomic mass is 10.1. The third kappa shape index (κ3) is 4.03. The van der Waals surface area contributed by atoms with Gasteiger partial charge >= 0.3 is 5.97 Å². The molecule has 0 bridgehead atoms. The molecular formula is C22H22N4O4. The first-order chi connectivity index (χ1) is 14.5. The fraction of sp³-hybridized carbons (Fsp3) is 0.273. The number of ether oxygens (including phenoxy) is 1. The molecule has 1 aromatic heterocycles. The number of nitrogens with zero attached hydrogens (tertiary/aromatic N) is 3. The van der Waals surface area contributed by atoms with E-state index in [4.69, 9.17) is 4.74 Å². The molecule has 4 rings (SSSR count). The van der Waals surface area contributed by atoms with Gasteiger partial charge in [-0.2, -0.15) is 5.10 Å². The van der Waals surface area contributed by atoms with Crippen LogP contribution in [0.1, 0.15) is 23.3 Å². The molecule has 3 aromatic rings. The van der Waals surface area contributed by atoms with Crippen molar-refractivity contribution in [1.82, 2.24) is 9.78 Å². The predicted molar refractivity (Wildman–Crippen MR) is 114 cm³/mol. The first kappa shape index (κ1) is 19.6. The van der Waals surface area contributed by atoms with E-state index in [9.17, 15) is 14.4 Å². The van der Waals surface area contributed by atoms with E-state index in [1.807, 2.05) is 24.3 Å². The number of aryl methyl sites for hydroxylation is 1. The summed E-state index contributed by atoms with van der Waals surface area (Å²) in [5, 5.41) is 7.47. The van der Waals surface area contributed by atoms with Crippen LogP contribution in [0.4, 0.5) is 11.4 Å². The number of amides is 1. The fourth-order valence-corrected chi connectivity index (χ4v) is 3.58. The van der Waals surface area contributed by atoms with Crippen LogP contribution in [-0.2, 0) is 16.6 Å². The zero-order valence-electron chi connectivity index (χ0n) is 16.6. The van der Waals surface area contributed by atoms with Crippen LogP contribution >= 0.6 is 0 Å². The van der Waals surface area contributed by atoms with Crippen molar-refractivity contribution in [3.63, 3.8) is 0 Å².